The summed E-state index contributed by atoms with van der Waals surface area (Å²) >= 11 is 5.85. The lowest BCUT2D eigenvalue weighted by Gasteiger charge is -2.14. The molecule has 4 rings (SSSR count). The van der Waals surface area contributed by atoms with E-state index in [4.69, 9.17) is 20.8 Å². The number of carbonyl (C=O) groups is 2. The van der Waals surface area contributed by atoms with Crippen LogP contribution in [0.3, 0.4) is 0 Å². The SMILES string of the molecule is CC(NC(=O)c1cc2ccc(OC(=O)/C=C/c3ccc(Cl)cc3)cc2oc1=O)c1ccccc1. The monoisotopic (exact) mass is 473 g/mol. The molecular weight excluding hydrogens is 454 g/mol. The molecule has 34 heavy (non-hydrogen) atoms. The molecule has 0 bridgehead atoms. The number of fused-ring (bicyclic) bond motifs is 1. The lowest BCUT2D eigenvalue weighted by molar-refractivity contribution is -0.128. The van der Waals surface area contributed by atoms with Crippen molar-refractivity contribution in [1.29, 1.82) is 0 Å². The topological polar surface area (TPSA) is 85.6 Å². The second-order valence-corrected chi connectivity index (χ2v) is 8.00. The van der Waals surface area contributed by atoms with Crippen LogP contribution in [0.4, 0.5) is 0 Å². The van der Waals surface area contributed by atoms with Gasteiger partial charge in [0, 0.05) is 22.6 Å². The minimum atomic E-state index is -0.781. The highest BCUT2D eigenvalue weighted by Gasteiger charge is 2.17. The highest BCUT2D eigenvalue weighted by atomic mass is 35.5. The largest absolute Gasteiger partial charge is 0.423 e. The Labute approximate surface area is 200 Å². The standard InChI is InChI=1S/C27H20ClNO5/c1-17(19-5-3-2-4-6-19)29-26(31)23-15-20-10-13-22(16-24(20)34-27(23)32)33-25(30)14-9-18-7-11-21(28)12-8-18/h2-17H,1H3,(H,29,31)/b14-9+. The van der Waals surface area contributed by atoms with Gasteiger partial charge in [-0.25, -0.2) is 9.59 Å². The molecule has 6 nitrogen and oxygen atoms in total. The van der Waals surface area contributed by atoms with Gasteiger partial charge in [0.05, 0.1) is 6.04 Å². The molecular formula is C27H20ClNO5. The number of rotatable bonds is 6. The maximum Gasteiger partial charge on any atom is 0.349 e. The molecule has 0 radical (unpaired) electrons. The van der Waals surface area contributed by atoms with Gasteiger partial charge >= 0.3 is 11.6 Å². The molecule has 170 valence electrons. The van der Waals surface area contributed by atoms with Crippen molar-refractivity contribution in [3.05, 3.63) is 117 Å². The predicted molar refractivity (Wildman–Crippen MR) is 131 cm³/mol. The molecule has 0 aliphatic heterocycles. The van der Waals surface area contributed by atoms with E-state index in [0.717, 1.165) is 11.1 Å². The fourth-order valence-electron chi connectivity index (χ4n) is 3.30. The van der Waals surface area contributed by atoms with Crippen LogP contribution < -0.4 is 15.7 Å². The molecule has 1 amide bonds. The van der Waals surface area contributed by atoms with E-state index in [9.17, 15) is 14.4 Å². The van der Waals surface area contributed by atoms with Crippen LogP contribution in [-0.4, -0.2) is 11.9 Å². The molecule has 0 aliphatic carbocycles. The summed E-state index contributed by atoms with van der Waals surface area (Å²) in [6.07, 6.45) is 2.88. The Bertz CT molecular complexity index is 1430. The number of nitrogens with one attached hydrogen (secondary N) is 1. The van der Waals surface area contributed by atoms with Crippen LogP contribution in [0, 0.1) is 0 Å². The van der Waals surface area contributed by atoms with Gasteiger partial charge < -0.3 is 14.5 Å². The van der Waals surface area contributed by atoms with Crippen LogP contribution in [0.25, 0.3) is 17.0 Å². The lowest BCUT2D eigenvalue weighted by atomic mass is 10.1. The number of halogens is 1. The van der Waals surface area contributed by atoms with Crippen molar-refractivity contribution in [3.8, 4) is 5.75 Å². The van der Waals surface area contributed by atoms with Crippen molar-refractivity contribution in [2.24, 2.45) is 0 Å². The minimum Gasteiger partial charge on any atom is -0.423 e. The third kappa shape index (κ3) is 5.60. The third-order valence-corrected chi connectivity index (χ3v) is 5.35. The fourth-order valence-corrected chi connectivity index (χ4v) is 3.43. The Morgan fingerprint density at radius 2 is 1.74 bits per heavy atom. The Hall–Kier alpha value is -4.16. The lowest BCUT2D eigenvalue weighted by Crippen LogP contribution is -2.30. The van der Waals surface area contributed by atoms with Gasteiger partial charge in [-0.3, -0.25) is 4.79 Å². The molecule has 1 N–H and O–H groups in total. The van der Waals surface area contributed by atoms with Crippen LogP contribution in [0.1, 0.15) is 34.5 Å². The normalized spacial score (nSPS) is 11.9. The van der Waals surface area contributed by atoms with Gasteiger partial charge in [0.15, 0.2) is 0 Å². The van der Waals surface area contributed by atoms with E-state index in [1.54, 1.807) is 42.5 Å². The van der Waals surface area contributed by atoms with Gasteiger partial charge in [0.2, 0.25) is 0 Å². The molecule has 3 aromatic carbocycles. The minimum absolute atomic E-state index is 0.106. The average Bonchev–Trinajstić information content (AvgIpc) is 2.83. The molecule has 1 heterocycles. The second-order valence-electron chi connectivity index (χ2n) is 7.56. The van der Waals surface area contributed by atoms with E-state index >= 15 is 0 Å². The van der Waals surface area contributed by atoms with Crippen LogP contribution in [0.5, 0.6) is 5.75 Å². The van der Waals surface area contributed by atoms with Crippen LogP contribution >= 0.6 is 11.6 Å². The zero-order valence-electron chi connectivity index (χ0n) is 18.2. The van der Waals surface area contributed by atoms with E-state index in [1.807, 2.05) is 37.3 Å². The summed E-state index contributed by atoms with van der Waals surface area (Å²) in [5.41, 5.74) is 1.02. The van der Waals surface area contributed by atoms with Crippen LogP contribution in [0.2, 0.25) is 5.02 Å². The quantitative estimate of drug-likeness (QED) is 0.171. The van der Waals surface area contributed by atoms with E-state index in [-0.39, 0.29) is 22.9 Å². The van der Waals surface area contributed by atoms with Crippen molar-refractivity contribution in [3.63, 3.8) is 0 Å². The Morgan fingerprint density at radius 1 is 1.00 bits per heavy atom. The van der Waals surface area contributed by atoms with Crippen molar-refractivity contribution >= 4 is 40.5 Å². The molecule has 0 aliphatic rings. The Morgan fingerprint density at radius 3 is 2.47 bits per heavy atom. The molecule has 1 atom stereocenters. The van der Waals surface area contributed by atoms with E-state index < -0.39 is 17.5 Å². The highest BCUT2D eigenvalue weighted by molar-refractivity contribution is 6.30. The Kier molecular flexibility index (Phi) is 6.90. The summed E-state index contributed by atoms with van der Waals surface area (Å²) < 4.78 is 10.6. The molecule has 1 aromatic heterocycles. The summed E-state index contributed by atoms with van der Waals surface area (Å²) in [5, 5.41) is 3.93. The first-order valence-electron chi connectivity index (χ1n) is 10.5. The number of amides is 1. The zero-order chi connectivity index (χ0) is 24.1. The van der Waals surface area contributed by atoms with Crippen molar-refractivity contribution in [2.75, 3.05) is 0 Å². The van der Waals surface area contributed by atoms with Crippen molar-refractivity contribution < 1.29 is 18.7 Å². The molecule has 0 fully saturated rings. The summed E-state index contributed by atoms with van der Waals surface area (Å²) in [5.74, 6) is -0.923. The maximum absolute atomic E-state index is 12.7. The van der Waals surface area contributed by atoms with Crippen LogP contribution in [-0.2, 0) is 4.79 Å². The molecule has 0 saturated carbocycles. The van der Waals surface area contributed by atoms with E-state index in [0.29, 0.717) is 10.4 Å². The maximum atomic E-state index is 12.7. The van der Waals surface area contributed by atoms with Gasteiger partial charge in [-0.15, -0.1) is 0 Å². The van der Waals surface area contributed by atoms with Gasteiger partial charge in [0.25, 0.3) is 5.91 Å². The number of carbonyl (C=O) groups excluding carboxylic acids is 2. The summed E-state index contributed by atoms with van der Waals surface area (Å²) in [4.78, 5) is 37.2. The first-order chi connectivity index (χ1) is 16.4. The smallest absolute Gasteiger partial charge is 0.349 e. The van der Waals surface area contributed by atoms with E-state index in [2.05, 4.69) is 5.32 Å². The van der Waals surface area contributed by atoms with E-state index in [1.165, 1.54) is 18.2 Å². The fraction of sp³-hybridized carbons (Fsp3) is 0.0741. The zero-order valence-corrected chi connectivity index (χ0v) is 18.9. The molecule has 7 heteroatoms. The molecule has 1 unspecified atom stereocenters. The van der Waals surface area contributed by atoms with Gasteiger partial charge in [-0.1, -0.05) is 54.1 Å². The number of ether oxygens (including phenoxy) is 1. The molecule has 4 aromatic rings. The Balaban J connectivity index is 1.47. The van der Waals surface area contributed by atoms with Gasteiger partial charge in [-0.2, -0.15) is 0 Å². The van der Waals surface area contributed by atoms with Gasteiger partial charge in [-0.05, 0) is 54.5 Å². The number of hydrogen-bond acceptors (Lipinski definition) is 5. The number of hydrogen-bond donors (Lipinski definition) is 1. The summed E-state index contributed by atoms with van der Waals surface area (Å²) in [7, 11) is 0. The van der Waals surface area contributed by atoms with Gasteiger partial charge in [0.1, 0.15) is 16.9 Å². The number of benzene rings is 3. The highest BCUT2D eigenvalue weighted by Crippen LogP contribution is 2.21. The van der Waals surface area contributed by atoms with Crippen molar-refractivity contribution in [2.45, 2.75) is 13.0 Å². The predicted octanol–water partition coefficient (Wildman–Crippen LogP) is 5.56. The second kappa shape index (κ2) is 10.2. The average molecular weight is 474 g/mol. The third-order valence-electron chi connectivity index (χ3n) is 5.10. The number of esters is 1. The first kappa shape index (κ1) is 23.0. The summed E-state index contributed by atoms with van der Waals surface area (Å²) in [6, 6.07) is 22.2. The van der Waals surface area contributed by atoms with Crippen molar-refractivity contribution in [1.82, 2.24) is 5.32 Å². The molecule has 0 spiro atoms. The molecule has 0 saturated heterocycles. The van der Waals surface area contributed by atoms with Crippen LogP contribution in [0.15, 0.2) is 94.2 Å². The first-order valence-corrected chi connectivity index (χ1v) is 10.9. The summed E-state index contributed by atoms with van der Waals surface area (Å²) in [6.45, 7) is 1.83.